The lowest BCUT2D eigenvalue weighted by molar-refractivity contribution is -0.142. The third-order valence-corrected chi connectivity index (χ3v) is 3.48. The molecule has 21 heavy (non-hydrogen) atoms. The van der Waals surface area contributed by atoms with Gasteiger partial charge in [0.25, 0.3) is 0 Å². The molecule has 1 aromatic rings. The lowest BCUT2D eigenvalue weighted by Gasteiger charge is -2.37. The van der Waals surface area contributed by atoms with Gasteiger partial charge in [0.15, 0.2) is 0 Å². The molecule has 2 heterocycles. The molecule has 1 aliphatic heterocycles. The van der Waals surface area contributed by atoms with Crippen molar-refractivity contribution in [2.24, 2.45) is 0 Å². The van der Waals surface area contributed by atoms with Crippen LogP contribution < -0.4 is 4.90 Å². The molecule has 0 bridgehead atoms. The molecule has 0 N–H and O–H groups in total. The summed E-state index contributed by atoms with van der Waals surface area (Å²) in [5, 5.41) is 0. The Labute approximate surface area is 120 Å². The van der Waals surface area contributed by atoms with Crippen molar-refractivity contribution >= 4 is 5.82 Å². The number of alkyl halides is 4. The van der Waals surface area contributed by atoms with E-state index in [4.69, 9.17) is 0 Å². The van der Waals surface area contributed by atoms with E-state index in [1.165, 1.54) is 4.90 Å². The number of piperazine rings is 1. The maximum absolute atomic E-state index is 13.0. The molecule has 8 heteroatoms. The Morgan fingerprint density at radius 1 is 1.19 bits per heavy atom. The number of hydrogen-bond donors (Lipinski definition) is 0. The van der Waals surface area contributed by atoms with Gasteiger partial charge in [-0.3, -0.25) is 9.88 Å². The van der Waals surface area contributed by atoms with E-state index < -0.39 is 18.9 Å². The molecule has 0 radical (unpaired) electrons. The van der Waals surface area contributed by atoms with Gasteiger partial charge in [0.05, 0.1) is 17.9 Å². The van der Waals surface area contributed by atoms with Crippen LogP contribution in [0.1, 0.15) is 11.4 Å². The van der Waals surface area contributed by atoms with Crippen LogP contribution in [-0.4, -0.2) is 59.9 Å². The predicted molar refractivity (Wildman–Crippen MR) is 71.1 cm³/mol. The highest BCUT2D eigenvalue weighted by molar-refractivity contribution is 5.43. The Bertz CT molecular complexity index is 487. The summed E-state index contributed by atoms with van der Waals surface area (Å²) in [7, 11) is 0. The molecule has 0 spiro atoms. The minimum Gasteiger partial charge on any atom is -0.353 e. The van der Waals surface area contributed by atoms with Crippen molar-refractivity contribution < 1.29 is 17.6 Å². The molecular formula is C13H18F4N4. The first-order valence-electron chi connectivity index (χ1n) is 6.73. The predicted octanol–water partition coefficient (Wildman–Crippen LogP) is 2.12. The molecule has 1 aromatic heterocycles. The fourth-order valence-electron chi connectivity index (χ4n) is 2.31. The second kappa shape index (κ2) is 6.13. The van der Waals surface area contributed by atoms with Gasteiger partial charge >= 0.3 is 12.3 Å². The topological polar surface area (TPSA) is 32.3 Å². The zero-order valence-corrected chi connectivity index (χ0v) is 12.0. The van der Waals surface area contributed by atoms with Crippen molar-refractivity contribution in [3.63, 3.8) is 0 Å². The fourth-order valence-corrected chi connectivity index (χ4v) is 2.31. The minimum atomic E-state index is -3.96. The number of anilines is 1. The van der Waals surface area contributed by atoms with Gasteiger partial charge in [-0.15, -0.1) is 0 Å². The van der Waals surface area contributed by atoms with E-state index in [0.717, 1.165) is 17.2 Å². The molecule has 0 unspecified atom stereocenters. The molecule has 0 saturated carbocycles. The maximum atomic E-state index is 13.0. The van der Waals surface area contributed by atoms with Crippen LogP contribution in [0, 0.1) is 13.8 Å². The van der Waals surface area contributed by atoms with Crippen molar-refractivity contribution in [2.45, 2.75) is 26.2 Å². The second-order valence-electron chi connectivity index (χ2n) is 5.25. The van der Waals surface area contributed by atoms with Crippen LogP contribution in [0.3, 0.4) is 0 Å². The van der Waals surface area contributed by atoms with Crippen LogP contribution in [0.15, 0.2) is 6.20 Å². The summed E-state index contributed by atoms with van der Waals surface area (Å²) < 4.78 is 50.5. The highest BCUT2D eigenvalue weighted by atomic mass is 19.3. The molecule has 0 aliphatic carbocycles. The fraction of sp³-hybridized carbons (Fsp3) is 0.692. The SMILES string of the molecule is Cc1cnc(C)c(N2CCN(CC(F)(F)C(F)F)CC2)n1. The Morgan fingerprint density at radius 2 is 1.81 bits per heavy atom. The number of aromatic nitrogens is 2. The first kappa shape index (κ1) is 15.9. The average Bonchev–Trinajstić information content (AvgIpc) is 2.42. The van der Waals surface area contributed by atoms with Crippen molar-refractivity contribution in [3.8, 4) is 0 Å². The molecular weight excluding hydrogens is 288 g/mol. The molecule has 0 amide bonds. The van der Waals surface area contributed by atoms with E-state index >= 15 is 0 Å². The molecule has 2 rings (SSSR count). The average molecular weight is 306 g/mol. The number of halogens is 4. The number of nitrogens with zero attached hydrogens (tertiary/aromatic N) is 4. The summed E-state index contributed by atoms with van der Waals surface area (Å²) in [5.41, 5.74) is 1.55. The number of aryl methyl sites for hydroxylation is 2. The molecule has 0 atom stereocenters. The zero-order chi connectivity index (χ0) is 15.6. The van der Waals surface area contributed by atoms with E-state index in [1.807, 2.05) is 18.7 Å². The van der Waals surface area contributed by atoms with Gasteiger partial charge in [-0.25, -0.2) is 13.8 Å². The van der Waals surface area contributed by atoms with Crippen molar-refractivity contribution in [2.75, 3.05) is 37.6 Å². The number of rotatable bonds is 4. The minimum absolute atomic E-state index is 0.303. The third-order valence-electron chi connectivity index (χ3n) is 3.48. The Kier molecular flexibility index (Phi) is 4.65. The van der Waals surface area contributed by atoms with Crippen LogP contribution >= 0.6 is 0 Å². The molecule has 0 aromatic carbocycles. The Hall–Kier alpha value is -1.44. The smallest absolute Gasteiger partial charge is 0.319 e. The third kappa shape index (κ3) is 3.81. The first-order valence-corrected chi connectivity index (χ1v) is 6.73. The summed E-state index contributed by atoms with van der Waals surface area (Å²) in [4.78, 5) is 11.9. The molecule has 4 nitrogen and oxygen atoms in total. The summed E-state index contributed by atoms with van der Waals surface area (Å²) in [6, 6.07) is 0. The Morgan fingerprint density at radius 3 is 2.38 bits per heavy atom. The standard InChI is InChI=1S/C13H18F4N4/c1-9-7-18-10(2)11(19-9)21-5-3-20(4-6-21)8-13(16,17)12(14)15/h7,12H,3-6,8H2,1-2H3. The zero-order valence-electron chi connectivity index (χ0n) is 12.0. The van der Waals surface area contributed by atoms with E-state index in [0.29, 0.717) is 26.2 Å². The van der Waals surface area contributed by atoms with Crippen LogP contribution in [0.25, 0.3) is 0 Å². The summed E-state index contributed by atoms with van der Waals surface area (Å²) in [5.74, 6) is -3.23. The molecule has 1 aliphatic rings. The van der Waals surface area contributed by atoms with Gasteiger partial charge in [0.1, 0.15) is 5.82 Å². The Balaban J connectivity index is 1.96. The van der Waals surface area contributed by atoms with Crippen LogP contribution in [0.4, 0.5) is 23.4 Å². The lowest BCUT2D eigenvalue weighted by Crippen LogP contribution is -2.51. The summed E-state index contributed by atoms with van der Waals surface area (Å²) >= 11 is 0. The lowest BCUT2D eigenvalue weighted by atomic mass is 10.2. The van der Waals surface area contributed by atoms with Crippen LogP contribution in [0.5, 0.6) is 0 Å². The van der Waals surface area contributed by atoms with Crippen LogP contribution in [0.2, 0.25) is 0 Å². The van der Waals surface area contributed by atoms with E-state index in [1.54, 1.807) is 6.20 Å². The van der Waals surface area contributed by atoms with Crippen LogP contribution in [-0.2, 0) is 0 Å². The van der Waals surface area contributed by atoms with Crippen molar-refractivity contribution in [1.82, 2.24) is 14.9 Å². The molecule has 118 valence electrons. The van der Waals surface area contributed by atoms with Gasteiger partial charge < -0.3 is 4.90 Å². The van der Waals surface area contributed by atoms with Gasteiger partial charge in [-0.1, -0.05) is 0 Å². The van der Waals surface area contributed by atoms with Crippen molar-refractivity contribution in [1.29, 1.82) is 0 Å². The summed E-state index contributed by atoms with van der Waals surface area (Å²) in [6.45, 7) is 4.30. The normalized spacial score (nSPS) is 17.6. The van der Waals surface area contributed by atoms with Gasteiger partial charge in [-0.2, -0.15) is 8.78 Å². The monoisotopic (exact) mass is 306 g/mol. The highest BCUT2D eigenvalue weighted by Gasteiger charge is 2.42. The maximum Gasteiger partial charge on any atom is 0.319 e. The van der Waals surface area contributed by atoms with Gasteiger partial charge in [0.2, 0.25) is 0 Å². The highest BCUT2D eigenvalue weighted by Crippen LogP contribution is 2.25. The molecule has 1 saturated heterocycles. The van der Waals surface area contributed by atoms with E-state index in [-0.39, 0.29) is 0 Å². The van der Waals surface area contributed by atoms with Gasteiger partial charge in [0, 0.05) is 32.4 Å². The first-order chi connectivity index (χ1) is 9.79. The van der Waals surface area contributed by atoms with Gasteiger partial charge in [-0.05, 0) is 13.8 Å². The van der Waals surface area contributed by atoms with Crippen molar-refractivity contribution in [3.05, 3.63) is 17.6 Å². The van der Waals surface area contributed by atoms with E-state index in [9.17, 15) is 17.6 Å². The van der Waals surface area contributed by atoms with E-state index in [2.05, 4.69) is 9.97 Å². The largest absolute Gasteiger partial charge is 0.353 e. The second-order valence-corrected chi connectivity index (χ2v) is 5.25. The number of hydrogen-bond acceptors (Lipinski definition) is 4. The molecule has 1 fully saturated rings. The quantitative estimate of drug-likeness (QED) is 0.798. The summed E-state index contributed by atoms with van der Waals surface area (Å²) in [6.07, 6.45) is -1.96.